The van der Waals surface area contributed by atoms with Gasteiger partial charge >= 0.3 is 6.03 Å². The normalized spacial score (nSPS) is 18.9. The topological polar surface area (TPSA) is 41.1 Å². The summed E-state index contributed by atoms with van der Waals surface area (Å²) in [6.07, 6.45) is 2.15. The highest BCUT2D eigenvalue weighted by atomic mass is 32.1. The minimum absolute atomic E-state index is 0.0812. The number of thiophene rings is 1. The summed E-state index contributed by atoms with van der Waals surface area (Å²) in [7, 11) is 0. The molecule has 1 aliphatic carbocycles. The number of amides is 2. The molecule has 3 nitrogen and oxygen atoms in total. The fraction of sp³-hybridized carbons (Fsp3) is 0.583. The van der Waals surface area contributed by atoms with E-state index in [-0.39, 0.29) is 6.03 Å². The molecule has 0 radical (unpaired) electrons. The number of carbonyl (C=O) groups is 1. The highest BCUT2D eigenvalue weighted by Gasteiger charge is 2.36. The molecule has 16 heavy (non-hydrogen) atoms. The Bertz CT molecular complexity index is 389. The molecule has 0 atom stereocenters. The van der Waals surface area contributed by atoms with Gasteiger partial charge in [0.2, 0.25) is 0 Å². The standard InChI is InChI=1S/C12H18N2OS/c1-8-4-10(16-7-8)14-11(15)13-9-5-12(2,3)6-9/h4,7,9H,5-6H2,1-3H3,(H2,13,14,15). The minimum atomic E-state index is -0.0812. The first-order valence-corrected chi connectivity index (χ1v) is 6.45. The van der Waals surface area contributed by atoms with Crippen LogP contribution in [0.25, 0.3) is 0 Å². The first-order valence-electron chi connectivity index (χ1n) is 5.57. The number of anilines is 1. The van der Waals surface area contributed by atoms with Gasteiger partial charge in [0.1, 0.15) is 0 Å². The number of aryl methyl sites for hydroxylation is 1. The van der Waals surface area contributed by atoms with Crippen LogP contribution in [-0.2, 0) is 0 Å². The highest BCUT2D eigenvalue weighted by molar-refractivity contribution is 7.14. The maximum atomic E-state index is 11.6. The van der Waals surface area contributed by atoms with E-state index in [4.69, 9.17) is 0 Å². The minimum Gasteiger partial charge on any atom is -0.335 e. The summed E-state index contributed by atoms with van der Waals surface area (Å²) < 4.78 is 0. The molecule has 0 saturated heterocycles. The van der Waals surface area contributed by atoms with E-state index in [9.17, 15) is 4.79 Å². The SMILES string of the molecule is Cc1csc(NC(=O)NC2CC(C)(C)C2)c1. The van der Waals surface area contributed by atoms with E-state index in [1.54, 1.807) is 11.3 Å². The van der Waals surface area contributed by atoms with Gasteiger partial charge < -0.3 is 5.32 Å². The fourth-order valence-corrected chi connectivity index (χ4v) is 2.99. The second kappa shape index (κ2) is 4.09. The van der Waals surface area contributed by atoms with Crippen LogP contribution in [0.1, 0.15) is 32.3 Å². The van der Waals surface area contributed by atoms with Crippen LogP contribution in [0.4, 0.5) is 9.80 Å². The molecule has 1 heterocycles. The lowest BCUT2D eigenvalue weighted by molar-refractivity contribution is 0.132. The molecule has 0 aliphatic heterocycles. The Morgan fingerprint density at radius 1 is 1.50 bits per heavy atom. The van der Waals surface area contributed by atoms with Crippen LogP contribution < -0.4 is 10.6 Å². The van der Waals surface area contributed by atoms with Crippen molar-refractivity contribution in [2.45, 2.75) is 39.7 Å². The second-order valence-corrected chi connectivity index (χ2v) is 6.27. The summed E-state index contributed by atoms with van der Waals surface area (Å²) in [6.45, 7) is 6.48. The van der Waals surface area contributed by atoms with E-state index < -0.39 is 0 Å². The number of hydrogen-bond acceptors (Lipinski definition) is 2. The van der Waals surface area contributed by atoms with Crippen LogP contribution >= 0.6 is 11.3 Å². The molecular weight excluding hydrogens is 220 g/mol. The molecule has 1 aliphatic rings. The van der Waals surface area contributed by atoms with Crippen molar-refractivity contribution in [3.8, 4) is 0 Å². The van der Waals surface area contributed by atoms with Crippen molar-refractivity contribution in [2.24, 2.45) is 5.41 Å². The van der Waals surface area contributed by atoms with E-state index >= 15 is 0 Å². The Balaban J connectivity index is 1.77. The van der Waals surface area contributed by atoms with Gasteiger partial charge in [0.25, 0.3) is 0 Å². The summed E-state index contributed by atoms with van der Waals surface area (Å²) in [5.41, 5.74) is 1.59. The lowest BCUT2D eigenvalue weighted by atomic mass is 9.68. The van der Waals surface area contributed by atoms with Crippen LogP contribution in [0, 0.1) is 12.3 Å². The van der Waals surface area contributed by atoms with Crippen molar-refractivity contribution in [1.29, 1.82) is 0 Å². The summed E-state index contributed by atoms with van der Waals surface area (Å²) in [5, 5.41) is 8.78. The zero-order valence-electron chi connectivity index (χ0n) is 9.96. The molecule has 1 aromatic rings. The van der Waals surface area contributed by atoms with E-state index in [1.165, 1.54) is 5.56 Å². The van der Waals surface area contributed by atoms with Gasteiger partial charge in [-0.25, -0.2) is 4.79 Å². The third kappa shape index (κ3) is 2.76. The molecule has 1 aromatic heterocycles. The number of nitrogens with one attached hydrogen (secondary N) is 2. The number of rotatable bonds is 2. The van der Waals surface area contributed by atoms with Crippen LogP contribution in [0.3, 0.4) is 0 Å². The highest BCUT2D eigenvalue weighted by Crippen LogP contribution is 2.39. The molecule has 4 heteroatoms. The van der Waals surface area contributed by atoms with Crippen molar-refractivity contribution in [3.05, 3.63) is 17.0 Å². The van der Waals surface area contributed by atoms with Gasteiger partial charge in [0.05, 0.1) is 5.00 Å². The Morgan fingerprint density at radius 2 is 2.19 bits per heavy atom. The Kier molecular flexibility index (Phi) is 2.93. The first kappa shape index (κ1) is 11.5. The molecule has 0 spiro atoms. The maximum absolute atomic E-state index is 11.6. The molecule has 0 aromatic carbocycles. The van der Waals surface area contributed by atoms with Gasteiger partial charge in [-0.2, -0.15) is 0 Å². The predicted molar refractivity (Wildman–Crippen MR) is 68.0 cm³/mol. The van der Waals surface area contributed by atoms with Crippen LogP contribution in [0.2, 0.25) is 0 Å². The lowest BCUT2D eigenvalue weighted by Crippen LogP contribution is -2.49. The number of hydrogen-bond donors (Lipinski definition) is 2. The largest absolute Gasteiger partial charge is 0.335 e. The first-order chi connectivity index (χ1) is 7.44. The number of carbonyl (C=O) groups excluding carboxylic acids is 1. The molecule has 2 rings (SSSR count). The predicted octanol–water partition coefficient (Wildman–Crippen LogP) is 3.37. The quantitative estimate of drug-likeness (QED) is 0.815. The van der Waals surface area contributed by atoms with E-state index in [0.717, 1.165) is 17.8 Å². The molecule has 1 fully saturated rings. The fourth-order valence-electron chi connectivity index (χ4n) is 2.21. The van der Waals surface area contributed by atoms with Crippen molar-refractivity contribution in [3.63, 3.8) is 0 Å². The van der Waals surface area contributed by atoms with Crippen LogP contribution in [-0.4, -0.2) is 12.1 Å². The van der Waals surface area contributed by atoms with Gasteiger partial charge in [0, 0.05) is 6.04 Å². The average Bonchev–Trinajstić information content (AvgIpc) is 2.47. The van der Waals surface area contributed by atoms with E-state index in [0.29, 0.717) is 11.5 Å². The zero-order chi connectivity index (χ0) is 11.8. The Labute approximate surface area is 100 Å². The monoisotopic (exact) mass is 238 g/mol. The van der Waals surface area contributed by atoms with Gasteiger partial charge in [-0.1, -0.05) is 13.8 Å². The molecule has 1 saturated carbocycles. The van der Waals surface area contributed by atoms with Crippen molar-refractivity contribution >= 4 is 22.4 Å². The molecule has 88 valence electrons. The summed E-state index contributed by atoms with van der Waals surface area (Å²) >= 11 is 1.56. The third-order valence-corrected chi connectivity index (χ3v) is 3.86. The zero-order valence-corrected chi connectivity index (χ0v) is 10.8. The third-order valence-electron chi connectivity index (χ3n) is 2.90. The van der Waals surface area contributed by atoms with Gasteiger partial charge in [0.15, 0.2) is 0 Å². The van der Waals surface area contributed by atoms with E-state index in [2.05, 4.69) is 24.5 Å². The summed E-state index contributed by atoms with van der Waals surface area (Å²) in [4.78, 5) is 11.6. The number of urea groups is 1. The Morgan fingerprint density at radius 3 is 2.69 bits per heavy atom. The molecule has 2 amide bonds. The van der Waals surface area contributed by atoms with Crippen molar-refractivity contribution in [2.75, 3.05) is 5.32 Å². The van der Waals surface area contributed by atoms with E-state index in [1.807, 2.05) is 18.4 Å². The van der Waals surface area contributed by atoms with Gasteiger partial charge in [-0.3, -0.25) is 5.32 Å². The van der Waals surface area contributed by atoms with Crippen LogP contribution in [0.15, 0.2) is 11.4 Å². The molecule has 0 bridgehead atoms. The molecular formula is C12H18N2OS. The van der Waals surface area contributed by atoms with Gasteiger partial charge in [-0.05, 0) is 42.2 Å². The van der Waals surface area contributed by atoms with Gasteiger partial charge in [-0.15, -0.1) is 11.3 Å². The summed E-state index contributed by atoms with van der Waals surface area (Å²) in [6, 6.07) is 2.24. The molecule has 0 unspecified atom stereocenters. The van der Waals surface area contributed by atoms with Crippen molar-refractivity contribution < 1.29 is 4.79 Å². The Hall–Kier alpha value is -1.03. The van der Waals surface area contributed by atoms with Crippen molar-refractivity contribution in [1.82, 2.24) is 5.32 Å². The summed E-state index contributed by atoms with van der Waals surface area (Å²) in [5.74, 6) is 0. The average molecular weight is 238 g/mol. The lowest BCUT2D eigenvalue weighted by Gasteiger charge is -2.42. The second-order valence-electron chi connectivity index (χ2n) is 5.36. The smallest absolute Gasteiger partial charge is 0.320 e. The van der Waals surface area contributed by atoms with Crippen LogP contribution in [0.5, 0.6) is 0 Å². The molecule has 2 N–H and O–H groups in total. The maximum Gasteiger partial charge on any atom is 0.320 e.